The van der Waals surface area contributed by atoms with Crippen molar-refractivity contribution in [2.75, 3.05) is 33.4 Å². The van der Waals surface area contributed by atoms with Crippen LogP contribution in [0.25, 0.3) is 0 Å². The molecular formula is C13H21NO5. The van der Waals surface area contributed by atoms with Crippen molar-refractivity contribution in [1.29, 1.82) is 0 Å². The SMILES string of the molecule is COC(=O)C=CC(=O)OCCN1CCOC1C(C)C. The standard InChI is InChI=1S/C13H21NO5/c1-10(2)13-14(7-9-19-13)6-8-18-12(16)5-4-11(15)17-3/h4-5,10,13H,6-9H2,1-3H3. The first kappa shape index (κ1) is 15.7. The maximum Gasteiger partial charge on any atom is 0.331 e. The predicted molar refractivity (Wildman–Crippen MR) is 68.3 cm³/mol. The summed E-state index contributed by atoms with van der Waals surface area (Å²) in [4.78, 5) is 24.2. The van der Waals surface area contributed by atoms with Crippen molar-refractivity contribution in [2.24, 2.45) is 5.92 Å². The summed E-state index contributed by atoms with van der Waals surface area (Å²) in [5.74, 6) is -0.728. The summed E-state index contributed by atoms with van der Waals surface area (Å²) in [6, 6.07) is 0. The van der Waals surface area contributed by atoms with Crippen molar-refractivity contribution in [1.82, 2.24) is 4.90 Å². The third kappa shape index (κ3) is 5.40. The summed E-state index contributed by atoms with van der Waals surface area (Å²) < 4.78 is 15.0. The third-order valence-corrected chi connectivity index (χ3v) is 2.78. The Bertz CT molecular complexity index is 340. The van der Waals surface area contributed by atoms with E-state index < -0.39 is 11.9 Å². The minimum absolute atomic E-state index is 0.0873. The highest BCUT2D eigenvalue weighted by Gasteiger charge is 2.27. The maximum absolute atomic E-state index is 11.3. The molecule has 0 aromatic heterocycles. The van der Waals surface area contributed by atoms with Crippen molar-refractivity contribution in [3.63, 3.8) is 0 Å². The quantitative estimate of drug-likeness (QED) is 0.520. The first-order valence-corrected chi connectivity index (χ1v) is 6.33. The van der Waals surface area contributed by atoms with Crippen LogP contribution in [0.1, 0.15) is 13.8 Å². The lowest BCUT2D eigenvalue weighted by Gasteiger charge is -2.25. The van der Waals surface area contributed by atoms with Crippen LogP contribution >= 0.6 is 0 Å². The van der Waals surface area contributed by atoms with Gasteiger partial charge in [0.25, 0.3) is 0 Å². The Labute approximate surface area is 113 Å². The van der Waals surface area contributed by atoms with Gasteiger partial charge in [-0.25, -0.2) is 9.59 Å². The van der Waals surface area contributed by atoms with Gasteiger partial charge in [0.1, 0.15) is 12.8 Å². The molecule has 0 aromatic carbocycles. The summed E-state index contributed by atoms with van der Waals surface area (Å²) >= 11 is 0. The van der Waals surface area contributed by atoms with Gasteiger partial charge in [-0.15, -0.1) is 0 Å². The Morgan fingerprint density at radius 2 is 2.05 bits per heavy atom. The molecular weight excluding hydrogens is 250 g/mol. The van der Waals surface area contributed by atoms with Crippen LogP contribution in [0.3, 0.4) is 0 Å². The van der Waals surface area contributed by atoms with Gasteiger partial charge in [-0.3, -0.25) is 4.90 Å². The van der Waals surface area contributed by atoms with E-state index in [9.17, 15) is 9.59 Å². The molecule has 19 heavy (non-hydrogen) atoms. The molecule has 6 nitrogen and oxygen atoms in total. The van der Waals surface area contributed by atoms with Crippen LogP contribution < -0.4 is 0 Å². The second-order valence-electron chi connectivity index (χ2n) is 4.57. The molecule has 0 bridgehead atoms. The number of nitrogens with zero attached hydrogens (tertiary/aromatic N) is 1. The smallest absolute Gasteiger partial charge is 0.331 e. The van der Waals surface area contributed by atoms with Crippen LogP contribution in [0.5, 0.6) is 0 Å². The van der Waals surface area contributed by atoms with E-state index in [1.54, 1.807) is 0 Å². The van der Waals surface area contributed by atoms with E-state index in [2.05, 4.69) is 23.5 Å². The Balaban J connectivity index is 2.24. The molecule has 0 N–H and O–H groups in total. The molecule has 0 aliphatic carbocycles. The van der Waals surface area contributed by atoms with Crippen molar-refractivity contribution in [2.45, 2.75) is 20.1 Å². The highest BCUT2D eigenvalue weighted by molar-refractivity contribution is 5.91. The molecule has 1 fully saturated rings. The van der Waals surface area contributed by atoms with Gasteiger partial charge in [-0.05, 0) is 5.92 Å². The van der Waals surface area contributed by atoms with Crippen LogP contribution in [0.15, 0.2) is 12.2 Å². The molecule has 1 aliphatic rings. The topological polar surface area (TPSA) is 65.1 Å². The normalized spacial score (nSPS) is 20.1. The van der Waals surface area contributed by atoms with Gasteiger partial charge >= 0.3 is 11.9 Å². The fraction of sp³-hybridized carbons (Fsp3) is 0.692. The molecule has 0 aromatic rings. The number of hydrogen-bond acceptors (Lipinski definition) is 6. The van der Waals surface area contributed by atoms with Gasteiger partial charge in [0, 0.05) is 25.2 Å². The van der Waals surface area contributed by atoms with Gasteiger partial charge in [0.05, 0.1) is 13.7 Å². The lowest BCUT2D eigenvalue weighted by Crippen LogP contribution is -2.36. The van der Waals surface area contributed by atoms with Crippen molar-refractivity contribution < 1.29 is 23.8 Å². The second-order valence-corrected chi connectivity index (χ2v) is 4.57. The van der Waals surface area contributed by atoms with Gasteiger partial charge in [0.2, 0.25) is 0 Å². The molecule has 108 valence electrons. The van der Waals surface area contributed by atoms with Crippen LogP contribution in [-0.4, -0.2) is 56.5 Å². The van der Waals surface area contributed by atoms with Crippen molar-refractivity contribution in [3.05, 3.63) is 12.2 Å². The number of methoxy groups -OCH3 is 1. The number of rotatable bonds is 6. The van der Waals surface area contributed by atoms with Crippen molar-refractivity contribution in [3.8, 4) is 0 Å². The first-order chi connectivity index (χ1) is 9.04. The molecule has 0 saturated carbocycles. The van der Waals surface area contributed by atoms with Gasteiger partial charge in [0.15, 0.2) is 0 Å². The summed E-state index contributed by atoms with van der Waals surface area (Å²) in [6.07, 6.45) is 2.19. The number of ether oxygens (including phenoxy) is 3. The lowest BCUT2D eigenvalue weighted by atomic mass is 10.2. The van der Waals surface area contributed by atoms with E-state index in [1.165, 1.54) is 7.11 Å². The maximum atomic E-state index is 11.3. The van der Waals surface area contributed by atoms with Crippen molar-refractivity contribution >= 4 is 11.9 Å². The summed E-state index contributed by atoms with van der Waals surface area (Å²) in [6.45, 7) is 6.64. The number of hydrogen-bond donors (Lipinski definition) is 0. The number of carbonyl (C=O) groups is 2. The average molecular weight is 271 g/mol. The van der Waals surface area contributed by atoms with E-state index in [4.69, 9.17) is 9.47 Å². The number of esters is 2. The van der Waals surface area contributed by atoms with Crippen LogP contribution in [0, 0.1) is 5.92 Å². The zero-order chi connectivity index (χ0) is 14.3. The Hall–Kier alpha value is -1.40. The zero-order valence-corrected chi connectivity index (χ0v) is 11.6. The largest absolute Gasteiger partial charge is 0.466 e. The molecule has 6 heteroatoms. The molecule has 0 amide bonds. The fourth-order valence-corrected chi connectivity index (χ4v) is 1.89. The molecule has 1 saturated heterocycles. The predicted octanol–water partition coefficient (Wildman–Crippen LogP) is 0.573. The van der Waals surface area contributed by atoms with Crippen LogP contribution in [0.2, 0.25) is 0 Å². The van der Waals surface area contributed by atoms with Gasteiger partial charge in [-0.2, -0.15) is 0 Å². The average Bonchev–Trinajstić information content (AvgIpc) is 2.84. The minimum atomic E-state index is -0.579. The lowest BCUT2D eigenvalue weighted by molar-refractivity contribution is -0.140. The van der Waals surface area contributed by atoms with Gasteiger partial charge in [-0.1, -0.05) is 13.8 Å². The highest BCUT2D eigenvalue weighted by Crippen LogP contribution is 2.17. The minimum Gasteiger partial charge on any atom is -0.466 e. The molecule has 1 atom stereocenters. The monoisotopic (exact) mass is 271 g/mol. The first-order valence-electron chi connectivity index (χ1n) is 6.33. The summed E-state index contributed by atoms with van der Waals surface area (Å²) in [5, 5.41) is 0. The molecule has 0 spiro atoms. The zero-order valence-electron chi connectivity index (χ0n) is 11.6. The second kappa shape index (κ2) is 7.91. The summed E-state index contributed by atoms with van der Waals surface area (Å²) in [5.41, 5.74) is 0. The summed E-state index contributed by atoms with van der Waals surface area (Å²) in [7, 11) is 1.25. The van der Waals surface area contributed by atoms with E-state index in [1.807, 2.05) is 0 Å². The van der Waals surface area contributed by atoms with E-state index in [-0.39, 0.29) is 12.8 Å². The van der Waals surface area contributed by atoms with E-state index in [0.29, 0.717) is 19.1 Å². The van der Waals surface area contributed by atoms with E-state index >= 15 is 0 Å². The van der Waals surface area contributed by atoms with Crippen LogP contribution in [-0.2, 0) is 23.8 Å². The fourth-order valence-electron chi connectivity index (χ4n) is 1.89. The number of carbonyl (C=O) groups excluding carboxylic acids is 2. The van der Waals surface area contributed by atoms with E-state index in [0.717, 1.165) is 18.7 Å². The molecule has 1 heterocycles. The molecule has 1 unspecified atom stereocenters. The molecule has 1 rings (SSSR count). The molecule has 1 aliphatic heterocycles. The highest BCUT2D eigenvalue weighted by atomic mass is 16.5. The van der Waals surface area contributed by atoms with Gasteiger partial charge < -0.3 is 14.2 Å². The molecule has 0 radical (unpaired) electrons. The Morgan fingerprint density at radius 3 is 2.68 bits per heavy atom. The third-order valence-electron chi connectivity index (χ3n) is 2.78. The van der Waals surface area contributed by atoms with Crippen LogP contribution in [0.4, 0.5) is 0 Å². The Kier molecular flexibility index (Phi) is 6.52. The Morgan fingerprint density at radius 1 is 1.37 bits per heavy atom.